The molecule has 4 heteroatoms. The number of hydrogen-bond acceptors (Lipinski definition) is 2. The molecule has 46 valence electrons. The highest BCUT2D eigenvalue weighted by atomic mass is 16.7. The van der Waals surface area contributed by atoms with Crippen LogP contribution in [-0.4, -0.2) is 19.2 Å². The Hall–Kier alpha value is -0.770. The molecule has 0 aromatic rings. The molecule has 0 aromatic heterocycles. The second-order valence-corrected chi connectivity index (χ2v) is 1.56. The predicted octanol–water partition coefficient (Wildman–Crippen LogP) is -0.379. The first-order valence-corrected chi connectivity index (χ1v) is 2.55. The fourth-order valence-corrected chi connectivity index (χ4v) is 0.499. The lowest BCUT2D eigenvalue weighted by atomic mass is 10.5. The van der Waals surface area contributed by atoms with Gasteiger partial charge in [0.05, 0.1) is 6.61 Å². The zero-order chi connectivity index (χ0) is 5.82. The highest BCUT2D eigenvalue weighted by Crippen LogP contribution is 1.81. The van der Waals surface area contributed by atoms with Crippen LogP contribution in [0.2, 0.25) is 0 Å². The van der Waals surface area contributed by atoms with E-state index < -0.39 is 0 Å². The van der Waals surface area contributed by atoms with Crippen LogP contribution in [0.25, 0.3) is 0 Å². The van der Waals surface area contributed by atoms with Crippen LogP contribution in [0.5, 0.6) is 0 Å². The normalized spacial score (nSPS) is 20.8. The van der Waals surface area contributed by atoms with Gasteiger partial charge >= 0.3 is 6.03 Å². The van der Waals surface area contributed by atoms with Crippen molar-refractivity contribution in [3.05, 3.63) is 0 Å². The minimum absolute atomic E-state index is 0.248. The van der Waals surface area contributed by atoms with Crippen molar-refractivity contribution >= 4 is 6.03 Å². The summed E-state index contributed by atoms with van der Waals surface area (Å²) < 4.78 is 0. The van der Waals surface area contributed by atoms with Crippen LogP contribution < -0.4 is 10.8 Å². The summed E-state index contributed by atoms with van der Waals surface area (Å²) in [5.74, 6) is 0. The Kier molecular flexibility index (Phi) is 1.69. The Balaban J connectivity index is 2.27. The predicted molar refractivity (Wildman–Crippen MR) is 27.1 cm³/mol. The monoisotopic (exact) mass is 116 g/mol. The summed E-state index contributed by atoms with van der Waals surface area (Å²) >= 11 is 0. The van der Waals surface area contributed by atoms with Crippen LogP contribution in [0, 0.1) is 0 Å². The number of carbonyl (C=O) groups excluding carboxylic acids is 1. The smallest absolute Gasteiger partial charge is 0.336 e. The lowest BCUT2D eigenvalue weighted by Gasteiger charge is -1.96. The Labute approximate surface area is 47.2 Å². The Morgan fingerprint density at radius 2 is 2.50 bits per heavy atom. The number of amides is 2. The maximum atomic E-state index is 10.3. The Bertz CT molecular complexity index is 84.0. The van der Waals surface area contributed by atoms with E-state index in [9.17, 15) is 4.79 Å². The van der Waals surface area contributed by atoms with Crippen LogP contribution >= 0.6 is 0 Å². The van der Waals surface area contributed by atoms with Crippen molar-refractivity contribution in [1.29, 1.82) is 0 Å². The average Bonchev–Trinajstić information content (AvgIpc) is 1.94. The van der Waals surface area contributed by atoms with Gasteiger partial charge < -0.3 is 5.32 Å². The van der Waals surface area contributed by atoms with Crippen LogP contribution in [0.4, 0.5) is 4.79 Å². The third-order valence-corrected chi connectivity index (χ3v) is 0.874. The summed E-state index contributed by atoms with van der Waals surface area (Å²) in [7, 11) is 0. The quantitative estimate of drug-likeness (QED) is 0.453. The summed E-state index contributed by atoms with van der Waals surface area (Å²) in [6, 6.07) is -0.248. The van der Waals surface area contributed by atoms with E-state index in [0.29, 0.717) is 13.2 Å². The fourth-order valence-electron chi connectivity index (χ4n) is 0.499. The van der Waals surface area contributed by atoms with Crippen LogP contribution in [0.15, 0.2) is 0 Å². The summed E-state index contributed by atoms with van der Waals surface area (Å²) in [5.41, 5.74) is 2.19. The lowest BCUT2D eigenvalue weighted by molar-refractivity contribution is 0.0711. The molecule has 2 amide bonds. The molecule has 0 saturated carbocycles. The summed E-state index contributed by atoms with van der Waals surface area (Å²) in [5, 5.41) is 2.57. The van der Waals surface area contributed by atoms with Gasteiger partial charge in [-0.3, -0.25) is 4.84 Å². The maximum absolute atomic E-state index is 10.3. The van der Waals surface area contributed by atoms with Gasteiger partial charge in [0.15, 0.2) is 0 Å². The zero-order valence-electron chi connectivity index (χ0n) is 4.44. The molecule has 1 heterocycles. The number of nitrogens with one attached hydrogen (secondary N) is 2. The van der Waals surface area contributed by atoms with E-state index in [1.807, 2.05) is 0 Å². The third kappa shape index (κ3) is 1.38. The van der Waals surface area contributed by atoms with Crippen molar-refractivity contribution in [2.45, 2.75) is 6.42 Å². The number of carbonyl (C=O) groups is 1. The number of rotatable bonds is 0. The van der Waals surface area contributed by atoms with Crippen LogP contribution in [-0.2, 0) is 4.84 Å². The topological polar surface area (TPSA) is 50.4 Å². The average molecular weight is 116 g/mol. The number of hydroxylamine groups is 1. The van der Waals surface area contributed by atoms with Gasteiger partial charge in [-0.15, -0.1) is 0 Å². The zero-order valence-corrected chi connectivity index (χ0v) is 4.44. The van der Waals surface area contributed by atoms with Gasteiger partial charge in [0.1, 0.15) is 0 Å². The molecule has 0 atom stereocenters. The van der Waals surface area contributed by atoms with E-state index in [0.717, 1.165) is 6.42 Å². The molecule has 0 unspecified atom stereocenters. The molecule has 1 fully saturated rings. The molecule has 1 saturated heterocycles. The number of urea groups is 1. The van der Waals surface area contributed by atoms with E-state index in [1.54, 1.807) is 0 Å². The molecule has 0 aliphatic carbocycles. The molecule has 1 rings (SSSR count). The van der Waals surface area contributed by atoms with Crippen molar-refractivity contribution in [1.82, 2.24) is 10.8 Å². The van der Waals surface area contributed by atoms with E-state index in [2.05, 4.69) is 15.6 Å². The van der Waals surface area contributed by atoms with Crippen LogP contribution in [0.1, 0.15) is 6.42 Å². The van der Waals surface area contributed by atoms with Gasteiger partial charge in [0.25, 0.3) is 0 Å². The summed E-state index contributed by atoms with van der Waals surface area (Å²) in [6.45, 7) is 1.30. The highest BCUT2D eigenvalue weighted by Gasteiger charge is 2.01. The molecule has 0 bridgehead atoms. The first kappa shape index (κ1) is 5.37. The van der Waals surface area contributed by atoms with Gasteiger partial charge in [-0.1, -0.05) is 0 Å². The lowest BCUT2D eigenvalue weighted by Crippen LogP contribution is -2.32. The summed E-state index contributed by atoms with van der Waals surface area (Å²) in [4.78, 5) is 15.0. The molecule has 2 N–H and O–H groups in total. The first-order valence-electron chi connectivity index (χ1n) is 2.55. The second kappa shape index (κ2) is 2.52. The molecule has 0 radical (unpaired) electrons. The van der Waals surface area contributed by atoms with Gasteiger partial charge in [-0.05, 0) is 6.42 Å². The molecule has 1 aliphatic heterocycles. The molecule has 0 aromatic carbocycles. The second-order valence-electron chi connectivity index (χ2n) is 1.56. The standard InChI is InChI=1S/C4H8N2O2/c7-4-5-2-1-3-8-6-4/h1-3H2,(H2,5,6,7). The number of hydrogen-bond donors (Lipinski definition) is 2. The van der Waals surface area contributed by atoms with Crippen molar-refractivity contribution < 1.29 is 9.63 Å². The van der Waals surface area contributed by atoms with Crippen LogP contribution in [0.3, 0.4) is 0 Å². The highest BCUT2D eigenvalue weighted by molar-refractivity contribution is 5.72. The fraction of sp³-hybridized carbons (Fsp3) is 0.750. The van der Waals surface area contributed by atoms with E-state index >= 15 is 0 Å². The van der Waals surface area contributed by atoms with E-state index in [-0.39, 0.29) is 6.03 Å². The Morgan fingerprint density at radius 3 is 3.38 bits per heavy atom. The van der Waals surface area contributed by atoms with Crippen molar-refractivity contribution in [2.75, 3.05) is 13.2 Å². The minimum Gasteiger partial charge on any atom is -0.336 e. The molecule has 8 heavy (non-hydrogen) atoms. The molecule has 4 nitrogen and oxygen atoms in total. The maximum Gasteiger partial charge on any atom is 0.338 e. The SMILES string of the molecule is O=C1NCCCON1. The molecule has 1 aliphatic rings. The largest absolute Gasteiger partial charge is 0.338 e. The Morgan fingerprint density at radius 1 is 1.62 bits per heavy atom. The van der Waals surface area contributed by atoms with Gasteiger partial charge in [0.2, 0.25) is 0 Å². The summed E-state index contributed by atoms with van der Waals surface area (Å²) in [6.07, 6.45) is 0.874. The van der Waals surface area contributed by atoms with Crippen molar-refractivity contribution in [3.8, 4) is 0 Å². The van der Waals surface area contributed by atoms with Gasteiger partial charge in [0, 0.05) is 6.54 Å². The van der Waals surface area contributed by atoms with Gasteiger partial charge in [-0.25, -0.2) is 10.3 Å². The third-order valence-electron chi connectivity index (χ3n) is 0.874. The van der Waals surface area contributed by atoms with Gasteiger partial charge in [-0.2, -0.15) is 0 Å². The molecular weight excluding hydrogens is 108 g/mol. The minimum atomic E-state index is -0.248. The molecular formula is C4H8N2O2. The van der Waals surface area contributed by atoms with Crippen molar-refractivity contribution in [2.24, 2.45) is 0 Å². The van der Waals surface area contributed by atoms with E-state index in [4.69, 9.17) is 0 Å². The van der Waals surface area contributed by atoms with Crippen molar-refractivity contribution in [3.63, 3.8) is 0 Å². The van der Waals surface area contributed by atoms with E-state index in [1.165, 1.54) is 0 Å². The first-order chi connectivity index (χ1) is 3.89. The molecule has 0 spiro atoms.